The number of ether oxygens (including phenoxy) is 3. The summed E-state index contributed by atoms with van der Waals surface area (Å²) < 4.78 is 16.6. The molecule has 0 aromatic heterocycles. The molecule has 0 saturated carbocycles. The molecule has 0 fully saturated rings. The minimum Gasteiger partial charge on any atom is -0.486 e. The molecule has 26 heavy (non-hydrogen) atoms. The van der Waals surface area contributed by atoms with Crippen LogP contribution in [-0.2, 0) is 11.3 Å². The van der Waals surface area contributed by atoms with Crippen LogP contribution in [-0.4, -0.2) is 49.4 Å². The van der Waals surface area contributed by atoms with Crippen LogP contribution in [0.4, 0.5) is 4.79 Å². The van der Waals surface area contributed by atoms with Gasteiger partial charge in [-0.2, -0.15) is 0 Å². The van der Waals surface area contributed by atoms with Crippen molar-refractivity contribution in [2.24, 2.45) is 0 Å². The maximum atomic E-state index is 12.2. The number of carbonyl (C=O) groups is 1. The largest absolute Gasteiger partial charge is 0.486 e. The van der Waals surface area contributed by atoms with E-state index in [1.807, 2.05) is 39.0 Å². The average Bonchev–Trinajstić information content (AvgIpc) is 2.60. The topological polar surface area (TPSA) is 60.0 Å². The monoisotopic (exact) mass is 360 g/mol. The number of fused-ring (bicyclic) bond motifs is 1. The normalized spacial score (nSPS) is 16.9. The van der Waals surface area contributed by atoms with Crippen molar-refractivity contribution in [1.82, 2.24) is 10.2 Å². The molecule has 0 bridgehead atoms. The number of nitrogens with zero attached hydrogens (tertiary/aromatic N) is 1. The van der Waals surface area contributed by atoms with Crippen LogP contribution in [0.1, 0.15) is 32.8 Å². The van der Waals surface area contributed by atoms with Gasteiger partial charge >= 0.3 is 6.09 Å². The van der Waals surface area contributed by atoms with E-state index >= 15 is 0 Å². The summed E-state index contributed by atoms with van der Waals surface area (Å²) >= 11 is 0. The Kier molecular flexibility index (Phi) is 5.71. The molecule has 3 rings (SSSR count). The summed E-state index contributed by atoms with van der Waals surface area (Å²) in [5, 5.41) is 3.44. The highest BCUT2D eigenvalue weighted by atomic mass is 16.6. The molecular formula is C20H28N2O4. The molecule has 142 valence electrons. The molecule has 6 heteroatoms. The van der Waals surface area contributed by atoms with Gasteiger partial charge in [0.05, 0.1) is 0 Å². The lowest BCUT2D eigenvalue weighted by Gasteiger charge is -2.30. The first-order valence-corrected chi connectivity index (χ1v) is 9.16. The molecule has 2 aliphatic rings. The Balaban J connectivity index is 1.47. The summed E-state index contributed by atoms with van der Waals surface area (Å²) in [7, 11) is 0. The van der Waals surface area contributed by atoms with Crippen LogP contribution in [0.15, 0.2) is 29.8 Å². The van der Waals surface area contributed by atoms with Crippen LogP contribution < -0.4 is 14.8 Å². The standard InChI is InChI=1S/C20H28N2O4/c1-20(2,3)26-19(23)22-8-4-5-16(14-22)13-21-12-15-6-7-17-18(11-15)25-10-9-24-17/h5-7,11,21H,4,8-10,12-14H2,1-3H3. The highest BCUT2D eigenvalue weighted by Gasteiger charge is 2.24. The first-order chi connectivity index (χ1) is 12.4. The summed E-state index contributed by atoms with van der Waals surface area (Å²) in [5.74, 6) is 1.62. The lowest BCUT2D eigenvalue weighted by Crippen LogP contribution is -2.41. The predicted octanol–water partition coefficient (Wildman–Crippen LogP) is 3.11. The Hall–Kier alpha value is -2.21. The zero-order chi connectivity index (χ0) is 18.6. The third-order valence-corrected chi connectivity index (χ3v) is 4.17. The van der Waals surface area contributed by atoms with Crippen molar-refractivity contribution in [2.45, 2.75) is 39.3 Å². The Morgan fingerprint density at radius 3 is 2.73 bits per heavy atom. The zero-order valence-corrected chi connectivity index (χ0v) is 15.8. The van der Waals surface area contributed by atoms with E-state index in [9.17, 15) is 4.79 Å². The van der Waals surface area contributed by atoms with Gasteiger partial charge in [0.2, 0.25) is 0 Å². The summed E-state index contributed by atoms with van der Waals surface area (Å²) in [4.78, 5) is 14.0. The third kappa shape index (κ3) is 5.14. The quantitative estimate of drug-likeness (QED) is 0.836. The second kappa shape index (κ2) is 7.99. The van der Waals surface area contributed by atoms with Crippen molar-refractivity contribution in [3.8, 4) is 11.5 Å². The molecule has 1 aromatic rings. The van der Waals surface area contributed by atoms with E-state index in [1.54, 1.807) is 4.90 Å². The molecule has 0 atom stereocenters. The van der Waals surface area contributed by atoms with E-state index in [2.05, 4.69) is 11.4 Å². The van der Waals surface area contributed by atoms with E-state index < -0.39 is 5.60 Å². The van der Waals surface area contributed by atoms with Gasteiger partial charge in [0.25, 0.3) is 0 Å². The molecule has 0 aliphatic carbocycles. The average molecular weight is 360 g/mol. The van der Waals surface area contributed by atoms with Gasteiger partial charge in [-0.15, -0.1) is 0 Å². The molecular weight excluding hydrogens is 332 g/mol. The number of carbonyl (C=O) groups excluding carboxylic acids is 1. The van der Waals surface area contributed by atoms with Gasteiger partial charge in [-0.25, -0.2) is 4.79 Å². The maximum absolute atomic E-state index is 12.2. The third-order valence-electron chi connectivity index (χ3n) is 4.17. The Bertz CT molecular complexity index is 679. The molecule has 1 aromatic carbocycles. The van der Waals surface area contributed by atoms with Crippen molar-refractivity contribution in [2.75, 3.05) is 32.8 Å². The lowest BCUT2D eigenvalue weighted by molar-refractivity contribution is 0.0261. The number of nitrogens with one attached hydrogen (secondary N) is 1. The molecule has 0 saturated heterocycles. The fourth-order valence-corrected chi connectivity index (χ4v) is 2.99. The van der Waals surface area contributed by atoms with Crippen LogP contribution >= 0.6 is 0 Å². The molecule has 2 heterocycles. The fraction of sp³-hybridized carbons (Fsp3) is 0.550. The summed E-state index contributed by atoms with van der Waals surface area (Å²) in [6.45, 7) is 9.67. The van der Waals surface area contributed by atoms with Gasteiger partial charge in [0.15, 0.2) is 11.5 Å². The van der Waals surface area contributed by atoms with E-state index in [1.165, 1.54) is 5.57 Å². The summed E-state index contributed by atoms with van der Waals surface area (Å²) in [6, 6.07) is 6.02. The van der Waals surface area contributed by atoms with Gasteiger partial charge in [-0.1, -0.05) is 12.1 Å². The van der Waals surface area contributed by atoms with E-state index in [0.29, 0.717) is 26.3 Å². The first-order valence-electron chi connectivity index (χ1n) is 9.16. The fourth-order valence-electron chi connectivity index (χ4n) is 2.99. The summed E-state index contributed by atoms with van der Waals surface area (Å²) in [5.41, 5.74) is 1.89. The maximum Gasteiger partial charge on any atom is 0.410 e. The first kappa shape index (κ1) is 18.6. The minimum atomic E-state index is -0.463. The van der Waals surface area contributed by atoms with Gasteiger partial charge in [-0.05, 0) is 50.5 Å². The van der Waals surface area contributed by atoms with Gasteiger partial charge in [-0.3, -0.25) is 0 Å². The van der Waals surface area contributed by atoms with Crippen LogP contribution in [0, 0.1) is 0 Å². The molecule has 1 amide bonds. The van der Waals surface area contributed by atoms with Crippen molar-refractivity contribution < 1.29 is 19.0 Å². The van der Waals surface area contributed by atoms with Crippen molar-refractivity contribution in [3.63, 3.8) is 0 Å². The van der Waals surface area contributed by atoms with Crippen molar-refractivity contribution in [1.29, 1.82) is 0 Å². The number of hydrogen-bond acceptors (Lipinski definition) is 5. The Labute approximate surface area is 155 Å². The number of rotatable bonds is 4. The van der Waals surface area contributed by atoms with Crippen molar-refractivity contribution in [3.05, 3.63) is 35.4 Å². The van der Waals surface area contributed by atoms with E-state index in [-0.39, 0.29) is 6.09 Å². The molecule has 0 radical (unpaired) electrons. The summed E-state index contributed by atoms with van der Waals surface area (Å²) in [6.07, 6.45) is 2.83. The number of hydrogen-bond donors (Lipinski definition) is 1. The highest BCUT2D eigenvalue weighted by molar-refractivity contribution is 5.68. The molecule has 0 spiro atoms. The molecule has 0 unspecified atom stereocenters. The predicted molar refractivity (Wildman–Crippen MR) is 99.6 cm³/mol. The smallest absolute Gasteiger partial charge is 0.410 e. The second-order valence-electron chi connectivity index (χ2n) is 7.63. The minimum absolute atomic E-state index is 0.241. The number of amides is 1. The van der Waals surface area contributed by atoms with Crippen LogP contribution in [0.5, 0.6) is 11.5 Å². The highest BCUT2D eigenvalue weighted by Crippen LogP contribution is 2.30. The van der Waals surface area contributed by atoms with E-state index in [0.717, 1.165) is 36.6 Å². The van der Waals surface area contributed by atoms with Gasteiger partial charge in [0.1, 0.15) is 18.8 Å². The van der Waals surface area contributed by atoms with Gasteiger partial charge in [0, 0.05) is 26.2 Å². The second-order valence-corrected chi connectivity index (χ2v) is 7.63. The Morgan fingerprint density at radius 1 is 1.19 bits per heavy atom. The van der Waals surface area contributed by atoms with Crippen molar-refractivity contribution >= 4 is 6.09 Å². The van der Waals surface area contributed by atoms with Crippen LogP contribution in [0.3, 0.4) is 0 Å². The number of benzene rings is 1. The van der Waals surface area contributed by atoms with Gasteiger partial charge < -0.3 is 24.4 Å². The van der Waals surface area contributed by atoms with Crippen LogP contribution in [0.2, 0.25) is 0 Å². The molecule has 1 N–H and O–H groups in total. The van der Waals surface area contributed by atoms with E-state index in [4.69, 9.17) is 14.2 Å². The SMILES string of the molecule is CC(C)(C)OC(=O)N1CCC=C(CNCc2ccc3c(c2)OCCO3)C1. The molecule has 2 aliphatic heterocycles. The van der Waals surface area contributed by atoms with Crippen LogP contribution in [0.25, 0.3) is 0 Å². The molecule has 6 nitrogen and oxygen atoms in total. The zero-order valence-electron chi connectivity index (χ0n) is 15.8. The Morgan fingerprint density at radius 2 is 1.96 bits per heavy atom. The lowest BCUT2D eigenvalue weighted by atomic mass is 10.1.